The molecular weight excluding hydrogens is 308 g/mol. The number of pyridine rings is 1. The molecule has 3 heterocycles. The van der Waals surface area contributed by atoms with Crippen LogP contribution in [0, 0.1) is 6.92 Å². The fourth-order valence-corrected chi connectivity index (χ4v) is 3.81. The Bertz CT molecular complexity index is 685. The molecule has 0 bridgehead atoms. The number of hydrogen-bond acceptors (Lipinski definition) is 5. The first kappa shape index (κ1) is 16.1. The van der Waals surface area contributed by atoms with Gasteiger partial charge in [-0.3, -0.25) is 14.7 Å². The quantitative estimate of drug-likeness (QED) is 0.916. The zero-order valence-corrected chi connectivity index (χ0v) is 14.4. The highest BCUT2D eigenvalue weighted by atomic mass is 32.1. The smallest absolute Gasteiger partial charge is 0.217 e. The van der Waals surface area contributed by atoms with Crippen molar-refractivity contribution >= 4 is 17.2 Å². The normalized spacial score (nSPS) is 18.3. The second kappa shape index (κ2) is 7.19. The van der Waals surface area contributed by atoms with Crippen molar-refractivity contribution in [2.24, 2.45) is 0 Å². The van der Waals surface area contributed by atoms with Crippen molar-refractivity contribution in [3.05, 3.63) is 45.7 Å². The minimum Gasteiger partial charge on any atom is -0.351 e. The first-order chi connectivity index (χ1) is 11.1. The van der Waals surface area contributed by atoms with Gasteiger partial charge in [0.15, 0.2) is 0 Å². The van der Waals surface area contributed by atoms with Gasteiger partial charge in [-0.1, -0.05) is 6.07 Å². The van der Waals surface area contributed by atoms with Gasteiger partial charge >= 0.3 is 0 Å². The molecule has 0 radical (unpaired) electrons. The highest BCUT2D eigenvalue weighted by Gasteiger charge is 2.27. The van der Waals surface area contributed by atoms with Gasteiger partial charge < -0.3 is 5.32 Å². The third-order valence-electron chi connectivity index (χ3n) is 4.24. The van der Waals surface area contributed by atoms with Crippen molar-refractivity contribution in [1.29, 1.82) is 0 Å². The molecule has 1 saturated heterocycles. The summed E-state index contributed by atoms with van der Waals surface area (Å²) in [5.41, 5.74) is 5.07. The topological polar surface area (TPSA) is 58.1 Å². The van der Waals surface area contributed by atoms with Crippen LogP contribution in [0.3, 0.4) is 0 Å². The number of carbonyl (C=O) groups is 1. The van der Waals surface area contributed by atoms with Crippen LogP contribution in [0.4, 0.5) is 0 Å². The van der Waals surface area contributed by atoms with E-state index in [0.29, 0.717) is 12.6 Å². The molecule has 1 aliphatic heterocycles. The van der Waals surface area contributed by atoms with Crippen LogP contribution in [0.15, 0.2) is 23.7 Å². The van der Waals surface area contributed by atoms with E-state index in [9.17, 15) is 4.79 Å². The van der Waals surface area contributed by atoms with E-state index in [1.165, 1.54) is 18.2 Å². The number of rotatable bonds is 5. The molecule has 1 fully saturated rings. The number of nitrogens with one attached hydrogen (secondary N) is 1. The second-order valence-electron chi connectivity index (χ2n) is 5.95. The van der Waals surface area contributed by atoms with Crippen molar-refractivity contribution < 1.29 is 4.79 Å². The number of likely N-dealkylation sites (tertiary alicyclic amines) is 1. The molecule has 1 amide bonds. The van der Waals surface area contributed by atoms with E-state index in [-0.39, 0.29) is 5.91 Å². The molecule has 2 aromatic rings. The molecule has 5 nitrogen and oxygen atoms in total. The Kier molecular flexibility index (Phi) is 5.03. The molecule has 122 valence electrons. The third-order valence-corrected chi connectivity index (χ3v) is 5.16. The Hall–Kier alpha value is -1.79. The molecule has 1 aliphatic rings. The number of amides is 1. The van der Waals surface area contributed by atoms with E-state index >= 15 is 0 Å². The summed E-state index contributed by atoms with van der Waals surface area (Å²) in [6.45, 7) is 6.13. The molecule has 0 saturated carbocycles. The predicted molar refractivity (Wildman–Crippen MR) is 91.0 cm³/mol. The van der Waals surface area contributed by atoms with Crippen molar-refractivity contribution in [2.45, 2.75) is 45.8 Å². The lowest BCUT2D eigenvalue weighted by Crippen LogP contribution is -2.24. The largest absolute Gasteiger partial charge is 0.351 e. The van der Waals surface area contributed by atoms with Crippen LogP contribution in [0.1, 0.15) is 47.8 Å². The third kappa shape index (κ3) is 3.95. The highest BCUT2D eigenvalue weighted by molar-refractivity contribution is 7.09. The molecule has 0 aromatic carbocycles. The lowest BCUT2D eigenvalue weighted by Gasteiger charge is -2.24. The average molecular weight is 330 g/mol. The van der Waals surface area contributed by atoms with E-state index in [1.807, 2.05) is 17.6 Å². The van der Waals surface area contributed by atoms with E-state index in [0.717, 1.165) is 36.6 Å². The monoisotopic (exact) mass is 330 g/mol. The summed E-state index contributed by atoms with van der Waals surface area (Å²) in [7, 11) is 0. The highest BCUT2D eigenvalue weighted by Crippen LogP contribution is 2.33. The van der Waals surface area contributed by atoms with Crippen molar-refractivity contribution in [1.82, 2.24) is 20.2 Å². The molecular formula is C17H22N4OS. The fraction of sp³-hybridized carbons (Fsp3) is 0.471. The number of hydrogen-bond donors (Lipinski definition) is 1. The Morgan fingerprint density at radius 3 is 3.09 bits per heavy atom. The molecule has 0 aliphatic carbocycles. The minimum atomic E-state index is -0.0274. The molecule has 0 spiro atoms. The second-order valence-corrected chi connectivity index (χ2v) is 6.89. The van der Waals surface area contributed by atoms with E-state index in [4.69, 9.17) is 4.98 Å². The summed E-state index contributed by atoms with van der Waals surface area (Å²) in [6, 6.07) is 6.45. The van der Waals surface area contributed by atoms with Gasteiger partial charge in [0.2, 0.25) is 5.91 Å². The van der Waals surface area contributed by atoms with Crippen molar-refractivity contribution in [3.8, 4) is 0 Å². The maximum Gasteiger partial charge on any atom is 0.217 e. The number of carbonyl (C=O) groups excluding carboxylic acids is 1. The van der Waals surface area contributed by atoms with Gasteiger partial charge in [0.1, 0.15) is 0 Å². The summed E-state index contributed by atoms with van der Waals surface area (Å²) in [5.74, 6) is -0.0274. The molecule has 6 heteroatoms. The molecule has 3 rings (SSSR count). The van der Waals surface area contributed by atoms with Crippen LogP contribution in [0.25, 0.3) is 0 Å². The number of thiazole rings is 1. The average Bonchev–Trinajstić information content (AvgIpc) is 3.16. The summed E-state index contributed by atoms with van der Waals surface area (Å²) < 4.78 is 0. The van der Waals surface area contributed by atoms with Crippen LogP contribution in [0.5, 0.6) is 0 Å². The van der Waals surface area contributed by atoms with Crippen molar-refractivity contribution in [2.75, 3.05) is 6.54 Å². The van der Waals surface area contributed by atoms with Crippen molar-refractivity contribution in [3.63, 3.8) is 0 Å². The maximum atomic E-state index is 11.1. The van der Waals surface area contributed by atoms with Gasteiger partial charge in [0.05, 0.1) is 35.2 Å². The van der Waals surface area contributed by atoms with Crippen LogP contribution in [-0.2, 0) is 17.9 Å². The lowest BCUT2D eigenvalue weighted by atomic mass is 10.1. The van der Waals surface area contributed by atoms with Crippen LogP contribution in [-0.4, -0.2) is 27.3 Å². The van der Waals surface area contributed by atoms with E-state index in [1.54, 1.807) is 11.3 Å². The molecule has 1 atom stereocenters. The van der Waals surface area contributed by atoms with Crippen LogP contribution < -0.4 is 5.32 Å². The molecule has 2 aromatic heterocycles. The van der Waals surface area contributed by atoms with Gasteiger partial charge in [-0.25, -0.2) is 4.98 Å². The van der Waals surface area contributed by atoms with E-state index in [2.05, 4.69) is 28.2 Å². The van der Waals surface area contributed by atoms with Gasteiger partial charge in [0.25, 0.3) is 0 Å². The number of aryl methyl sites for hydroxylation is 1. The Morgan fingerprint density at radius 1 is 1.48 bits per heavy atom. The van der Waals surface area contributed by atoms with Gasteiger partial charge in [-0.2, -0.15) is 0 Å². The zero-order valence-electron chi connectivity index (χ0n) is 13.6. The minimum absolute atomic E-state index is 0.0274. The number of nitrogens with zero attached hydrogens (tertiary/aromatic N) is 3. The molecule has 1 N–H and O–H groups in total. The van der Waals surface area contributed by atoms with Crippen LogP contribution >= 0.6 is 11.3 Å². The SMILES string of the molecule is CC(=O)NCc1cccc(C2CCCN2Cc2scnc2C)n1. The van der Waals surface area contributed by atoms with Gasteiger partial charge in [0, 0.05) is 18.3 Å². The predicted octanol–water partition coefficient (Wildman–Crippen LogP) is 2.82. The van der Waals surface area contributed by atoms with Crippen LogP contribution in [0.2, 0.25) is 0 Å². The summed E-state index contributed by atoms with van der Waals surface area (Å²) in [4.78, 5) is 24.0. The Morgan fingerprint density at radius 2 is 2.35 bits per heavy atom. The maximum absolute atomic E-state index is 11.1. The standard InChI is InChI=1S/C17H22N4OS/c1-12-17(23-11-19-12)10-21-8-4-7-16(21)15-6-3-5-14(20-15)9-18-13(2)22/h3,5-6,11,16H,4,7-10H2,1-2H3,(H,18,22). The zero-order chi connectivity index (χ0) is 16.2. The first-order valence-electron chi connectivity index (χ1n) is 7.97. The summed E-state index contributed by atoms with van der Waals surface area (Å²) in [6.07, 6.45) is 2.33. The lowest BCUT2D eigenvalue weighted by molar-refractivity contribution is -0.119. The van der Waals surface area contributed by atoms with Gasteiger partial charge in [-0.05, 0) is 38.4 Å². The Balaban J connectivity index is 1.73. The number of aromatic nitrogens is 2. The first-order valence-corrected chi connectivity index (χ1v) is 8.84. The van der Waals surface area contributed by atoms with Gasteiger partial charge in [-0.15, -0.1) is 11.3 Å². The molecule has 23 heavy (non-hydrogen) atoms. The summed E-state index contributed by atoms with van der Waals surface area (Å²) in [5, 5.41) is 2.81. The molecule has 1 unspecified atom stereocenters. The Labute approximate surface area is 140 Å². The van der Waals surface area contributed by atoms with E-state index < -0.39 is 0 Å². The fourth-order valence-electron chi connectivity index (χ4n) is 3.01. The summed E-state index contributed by atoms with van der Waals surface area (Å²) >= 11 is 1.73.